The zero-order valence-corrected chi connectivity index (χ0v) is 19.7. The molecular weight excluding hydrogens is 525 g/mol. The number of rotatable bonds is 8. The molecular formula is C22H18Cl2F6N2O3. The van der Waals surface area contributed by atoms with Gasteiger partial charge in [-0.3, -0.25) is 4.79 Å². The Morgan fingerprint density at radius 3 is 2.06 bits per heavy atom. The predicted molar refractivity (Wildman–Crippen MR) is 118 cm³/mol. The summed E-state index contributed by atoms with van der Waals surface area (Å²) in [6, 6.07) is 5.09. The van der Waals surface area contributed by atoms with Gasteiger partial charge in [0.1, 0.15) is 13.4 Å². The fourth-order valence-electron chi connectivity index (χ4n) is 3.22. The van der Waals surface area contributed by atoms with Crippen LogP contribution in [0.2, 0.25) is 10.0 Å². The van der Waals surface area contributed by atoms with Crippen LogP contribution in [0.3, 0.4) is 0 Å². The van der Waals surface area contributed by atoms with Gasteiger partial charge < -0.3 is 14.5 Å². The molecule has 2 aromatic rings. The number of aldehydes is 1. The first-order chi connectivity index (χ1) is 16.2. The lowest BCUT2D eigenvalue weighted by molar-refractivity contribution is -0.143. The van der Waals surface area contributed by atoms with Gasteiger partial charge in [0, 0.05) is 24.9 Å². The molecule has 2 aromatic carbocycles. The van der Waals surface area contributed by atoms with Crippen LogP contribution in [0.4, 0.5) is 26.3 Å². The summed E-state index contributed by atoms with van der Waals surface area (Å²) in [6.45, 7) is -0.386. The third-order valence-electron chi connectivity index (χ3n) is 4.87. The fourth-order valence-corrected chi connectivity index (χ4v) is 3.53. The number of nitrogens with zero attached hydrogens (tertiary/aromatic N) is 2. The van der Waals surface area contributed by atoms with Crippen molar-refractivity contribution in [2.75, 3.05) is 20.7 Å². The molecule has 35 heavy (non-hydrogen) atoms. The Labute approximate surface area is 206 Å². The highest BCUT2D eigenvalue weighted by Crippen LogP contribution is 2.36. The number of hydrogen-bond donors (Lipinski definition) is 0. The summed E-state index contributed by atoms with van der Waals surface area (Å²) in [5.41, 5.74) is -3.50. The predicted octanol–water partition coefficient (Wildman–Crippen LogP) is 6.48. The highest BCUT2D eigenvalue weighted by molar-refractivity contribution is 6.42. The van der Waals surface area contributed by atoms with E-state index in [0.717, 1.165) is 11.9 Å². The van der Waals surface area contributed by atoms with Gasteiger partial charge in [-0.25, -0.2) is 0 Å². The quantitative estimate of drug-likeness (QED) is 0.166. The molecule has 0 aliphatic heterocycles. The van der Waals surface area contributed by atoms with E-state index in [-0.39, 0.29) is 34.8 Å². The Morgan fingerprint density at radius 2 is 1.60 bits per heavy atom. The highest BCUT2D eigenvalue weighted by atomic mass is 35.5. The number of oxime groups is 1. The molecule has 0 aliphatic carbocycles. The van der Waals surface area contributed by atoms with Gasteiger partial charge in [0.25, 0.3) is 5.91 Å². The van der Waals surface area contributed by atoms with Gasteiger partial charge in [-0.1, -0.05) is 34.4 Å². The maximum Gasteiger partial charge on any atom is 0.416 e. The Hall–Kier alpha value is -2.79. The van der Waals surface area contributed by atoms with Gasteiger partial charge >= 0.3 is 12.4 Å². The number of halogens is 8. The number of carbonyl (C=O) groups is 2. The SMILES string of the molecule is CO/N=C(/CN(C)C(=O)c1cc(C(F)(F)F)cc(C(F)(F)F)c1)C(CC=O)c1ccc(Cl)c(Cl)c1. The second-order valence-electron chi connectivity index (χ2n) is 7.35. The number of amides is 1. The molecule has 0 saturated heterocycles. The Morgan fingerprint density at radius 1 is 1.03 bits per heavy atom. The van der Waals surface area contributed by atoms with Crippen LogP contribution in [-0.4, -0.2) is 43.5 Å². The summed E-state index contributed by atoms with van der Waals surface area (Å²) >= 11 is 12.0. The molecule has 1 atom stereocenters. The first-order valence-electron chi connectivity index (χ1n) is 9.72. The highest BCUT2D eigenvalue weighted by Gasteiger charge is 2.38. The van der Waals surface area contributed by atoms with Gasteiger partial charge in [0.05, 0.1) is 33.4 Å². The molecule has 13 heteroatoms. The van der Waals surface area contributed by atoms with E-state index in [9.17, 15) is 35.9 Å². The second kappa shape index (κ2) is 11.3. The van der Waals surface area contributed by atoms with E-state index in [1.807, 2.05) is 0 Å². The van der Waals surface area contributed by atoms with Crippen molar-refractivity contribution in [2.45, 2.75) is 24.7 Å². The average molecular weight is 543 g/mol. The average Bonchev–Trinajstić information content (AvgIpc) is 2.77. The van der Waals surface area contributed by atoms with E-state index in [2.05, 4.69) is 5.16 Å². The van der Waals surface area contributed by atoms with Crippen molar-refractivity contribution in [3.63, 3.8) is 0 Å². The Bertz CT molecular complexity index is 1090. The molecule has 190 valence electrons. The van der Waals surface area contributed by atoms with Crippen molar-refractivity contribution >= 4 is 41.1 Å². The standard InChI is InChI=1S/C22H18Cl2F6N2O3/c1-32(20(34)13-7-14(21(25,26)27)10-15(8-13)22(28,29)30)11-19(31-35-2)16(5-6-33)12-3-4-17(23)18(24)9-12/h3-4,6-10,16H,5,11H2,1-2H3/b31-19-. The summed E-state index contributed by atoms with van der Waals surface area (Å²) in [5, 5.41) is 4.24. The van der Waals surface area contributed by atoms with Crippen molar-refractivity contribution in [2.24, 2.45) is 5.16 Å². The van der Waals surface area contributed by atoms with E-state index in [1.54, 1.807) is 6.07 Å². The first kappa shape index (κ1) is 28.4. The number of hydrogen-bond acceptors (Lipinski definition) is 4. The van der Waals surface area contributed by atoms with E-state index in [1.165, 1.54) is 19.2 Å². The first-order valence-corrected chi connectivity index (χ1v) is 10.5. The normalized spacial score (nSPS) is 13.4. The summed E-state index contributed by atoms with van der Waals surface area (Å²) in [5.74, 6) is -1.91. The summed E-state index contributed by atoms with van der Waals surface area (Å²) in [4.78, 5) is 29.8. The monoisotopic (exact) mass is 542 g/mol. The lowest BCUT2D eigenvalue weighted by Crippen LogP contribution is -2.35. The van der Waals surface area contributed by atoms with Crippen LogP contribution in [-0.2, 0) is 22.0 Å². The molecule has 1 amide bonds. The molecule has 2 rings (SSSR count). The summed E-state index contributed by atoms with van der Waals surface area (Å²) < 4.78 is 79.0. The van der Waals surface area contributed by atoms with Crippen LogP contribution >= 0.6 is 23.2 Å². The second-order valence-corrected chi connectivity index (χ2v) is 8.16. The van der Waals surface area contributed by atoms with Crippen LogP contribution in [0, 0.1) is 0 Å². The lowest BCUT2D eigenvalue weighted by Gasteiger charge is -2.24. The molecule has 0 fully saturated rings. The molecule has 0 spiro atoms. The van der Waals surface area contributed by atoms with Crippen LogP contribution in [0.15, 0.2) is 41.6 Å². The molecule has 0 bridgehead atoms. The topological polar surface area (TPSA) is 59.0 Å². The van der Waals surface area contributed by atoms with Gasteiger partial charge in [-0.05, 0) is 35.9 Å². The van der Waals surface area contributed by atoms with Crippen molar-refractivity contribution in [1.82, 2.24) is 4.90 Å². The Kier molecular flexibility index (Phi) is 9.18. The molecule has 0 N–H and O–H groups in total. The van der Waals surface area contributed by atoms with Gasteiger partial charge in [0.15, 0.2) is 0 Å². The van der Waals surface area contributed by atoms with E-state index in [4.69, 9.17) is 28.0 Å². The van der Waals surface area contributed by atoms with Crippen LogP contribution in [0.1, 0.15) is 39.4 Å². The third-order valence-corrected chi connectivity index (χ3v) is 5.61. The maximum atomic E-state index is 13.2. The largest absolute Gasteiger partial charge is 0.416 e. The van der Waals surface area contributed by atoms with Crippen LogP contribution < -0.4 is 0 Å². The van der Waals surface area contributed by atoms with E-state index in [0.29, 0.717) is 24.0 Å². The van der Waals surface area contributed by atoms with Crippen LogP contribution in [0.25, 0.3) is 0 Å². The molecule has 0 heterocycles. The molecule has 1 unspecified atom stereocenters. The number of carbonyl (C=O) groups excluding carboxylic acids is 2. The van der Waals surface area contributed by atoms with Crippen LogP contribution in [0.5, 0.6) is 0 Å². The minimum absolute atomic E-state index is 0.0705. The molecule has 0 aliphatic rings. The smallest absolute Gasteiger partial charge is 0.399 e. The minimum Gasteiger partial charge on any atom is -0.399 e. The molecule has 0 aromatic heterocycles. The van der Waals surface area contributed by atoms with E-state index >= 15 is 0 Å². The zero-order chi connectivity index (χ0) is 26.6. The molecule has 5 nitrogen and oxygen atoms in total. The summed E-state index contributed by atoms with van der Waals surface area (Å²) in [7, 11) is 2.35. The van der Waals surface area contributed by atoms with Gasteiger partial charge in [-0.2, -0.15) is 26.3 Å². The Balaban J connectivity index is 2.45. The van der Waals surface area contributed by atoms with Crippen molar-refractivity contribution in [3.05, 3.63) is 68.7 Å². The van der Waals surface area contributed by atoms with Gasteiger partial charge in [0.2, 0.25) is 0 Å². The van der Waals surface area contributed by atoms with Crippen molar-refractivity contribution in [1.29, 1.82) is 0 Å². The zero-order valence-electron chi connectivity index (χ0n) is 18.2. The summed E-state index contributed by atoms with van der Waals surface area (Å²) in [6.07, 6.45) is -9.78. The number of alkyl halides is 6. The van der Waals surface area contributed by atoms with Crippen molar-refractivity contribution < 1.29 is 40.8 Å². The van der Waals surface area contributed by atoms with Gasteiger partial charge in [-0.15, -0.1) is 0 Å². The number of benzene rings is 2. The van der Waals surface area contributed by atoms with Crippen molar-refractivity contribution in [3.8, 4) is 0 Å². The minimum atomic E-state index is -5.11. The van der Waals surface area contributed by atoms with E-state index < -0.39 is 40.9 Å². The molecule has 0 saturated carbocycles. The maximum absolute atomic E-state index is 13.2. The molecule has 0 radical (unpaired) electrons. The fraction of sp³-hybridized carbons (Fsp3) is 0.318. The third kappa shape index (κ3) is 7.35. The lowest BCUT2D eigenvalue weighted by atomic mass is 9.91.